The minimum atomic E-state index is 0.314. The molecule has 0 saturated carbocycles. The van der Waals surface area contributed by atoms with Gasteiger partial charge in [-0.1, -0.05) is 5.16 Å². The molecule has 1 unspecified atom stereocenters. The van der Waals surface area contributed by atoms with E-state index >= 15 is 0 Å². The molecule has 5 heteroatoms. The molecule has 2 heterocycles. The first-order chi connectivity index (χ1) is 7.34. The number of furan rings is 1. The molecule has 0 bridgehead atoms. The lowest BCUT2D eigenvalue weighted by molar-refractivity contribution is 0.402. The van der Waals surface area contributed by atoms with E-state index in [9.17, 15) is 0 Å². The lowest BCUT2D eigenvalue weighted by Gasteiger charge is -2.09. The number of nitrogens with zero attached hydrogens (tertiary/aromatic N) is 2. The second-order valence-electron chi connectivity index (χ2n) is 3.41. The van der Waals surface area contributed by atoms with E-state index in [1.165, 1.54) is 6.39 Å². The second kappa shape index (κ2) is 4.75. The van der Waals surface area contributed by atoms with Crippen molar-refractivity contribution in [3.8, 4) is 0 Å². The summed E-state index contributed by atoms with van der Waals surface area (Å²) in [5.41, 5.74) is 0. The zero-order valence-corrected chi connectivity index (χ0v) is 8.51. The minimum Gasteiger partial charge on any atom is -0.469 e. The highest BCUT2D eigenvalue weighted by Crippen LogP contribution is 2.04. The van der Waals surface area contributed by atoms with Gasteiger partial charge in [-0.05, 0) is 19.1 Å². The fraction of sp³-hybridized carbons (Fsp3) is 0.400. The molecule has 0 spiro atoms. The summed E-state index contributed by atoms with van der Waals surface area (Å²) >= 11 is 0. The fourth-order valence-electron chi connectivity index (χ4n) is 1.34. The van der Waals surface area contributed by atoms with Crippen LogP contribution >= 0.6 is 0 Å². The smallest absolute Gasteiger partial charge is 0.213 e. The lowest BCUT2D eigenvalue weighted by atomic mass is 10.2. The molecule has 0 amide bonds. The molecule has 2 rings (SSSR count). The largest absolute Gasteiger partial charge is 0.469 e. The Morgan fingerprint density at radius 3 is 3.13 bits per heavy atom. The van der Waals surface area contributed by atoms with Crippen LogP contribution in [0.1, 0.15) is 18.5 Å². The summed E-state index contributed by atoms with van der Waals surface area (Å²) in [6.07, 6.45) is 3.86. The van der Waals surface area contributed by atoms with E-state index in [-0.39, 0.29) is 0 Å². The van der Waals surface area contributed by atoms with Gasteiger partial charge in [-0.25, -0.2) is 0 Å². The highest BCUT2D eigenvalue weighted by atomic mass is 16.5. The van der Waals surface area contributed by atoms with E-state index in [4.69, 9.17) is 4.42 Å². The molecule has 0 aliphatic heterocycles. The van der Waals surface area contributed by atoms with Crippen LogP contribution in [-0.2, 0) is 13.0 Å². The summed E-state index contributed by atoms with van der Waals surface area (Å²) in [4.78, 5) is 3.92. The van der Waals surface area contributed by atoms with Gasteiger partial charge >= 0.3 is 0 Å². The highest BCUT2D eigenvalue weighted by Gasteiger charge is 2.06. The quantitative estimate of drug-likeness (QED) is 0.802. The Hall–Kier alpha value is -1.62. The van der Waals surface area contributed by atoms with Gasteiger partial charge in [-0.3, -0.25) is 0 Å². The van der Waals surface area contributed by atoms with Crippen molar-refractivity contribution < 1.29 is 8.94 Å². The van der Waals surface area contributed by atoms with E-state index < -0.39 is 0 Å². The van der Waals surface area contributed by atoms with Crippen LogP contribution in [0.2, 0.25) is 0 Å². The van der Waals surface area contributed by atoms with Crippen molar-refractivity contribution in [2.24, 2.45) is 0 Å². The summed E-state index contributed by atoms with van der Waals surface area (Å²) in [6.45, 7) is 2.70. The molecule has 0 aliphatic rings. The first kappa shape index (κ1) is 9.92. The molecule has 0 fully saturated rings. The van der Waals surface area contributed by atoms with Crippen molar-refractivity contribution in [1.82, 2.24) is 15.5 Å². The maximum atomic E-state index is 5.25. The molecule has 0 saturated heterocycles. The van der Waals surface area contributed by atoms with E-state index in [1.54, 1.807) is 6.26 Å². The fourth-order valence-corrected chi connectivity index (χ4v) is 1.34. The molecule has 1 atom stereocenters. The van der Waals surface area contributed by atoms with Gasteiger partial charge in [0.1, 0.15) is 5.76 Å². The van der Waals surface area contributed by atoms with Crippen LogP contribution in [0.3, 0.4) is 0 Å². The zero-order chi connectivity index (χ0) is 10.5. The summed E-state index contributed by atoms with van der Waals surface area (Å²) in [5.74, 6) is 1.64. The van der Waals surface area contributed by atoms with Crippen molar-refractivity contribution in [1.29, 1.82) is 0 Å². The number of aromatic nitrogens is 2. The SMILES string of the molecule is CC(Cc1ccco1)NCc1ncon1. The van der Waals surface area contributed by atoms with E-state index in [0.29, 0.717) is 18.4 Å². The first-order valence-electron chi connectivity index (χ1n) is 4.85. The predicted octanol–water partition coefficient (Wildman–Crippen LogP) is 1.38. The third-order valence-corrected chi connectivity index (χ3v) is 2.10. The van der Waals surface area contributed by atoms with Crippen LogP contribution in [0.5, 0.6) is 0 Å². The second-order valence-corrected chi connectivity index (χ2v) is 3.41. The summed E-state index contributed by atoms with van der Waals surface area (Å²) in [6, 6.07) is 4.17. The van der Waals surface area contributed by atoms with E-state index in [2.05, 4.69) is 26.9 Å². The molecule has 0 aliphatic carbocycles. The van der Waals surface area contributed by atoms with Gasteiger partial charge in [0.2, 0.25) is 6.39 Å². The molecule has 2 aromatic rings. The maximum absolute atomic E-state index is 5.25. The van der Waals surface area contributed by atoms with Gasteiger partial charge < -0.3 is 14.3 Å². The number of hydrogen-bond acceptors (Lipinski definition) is 5. The van der Waals surface area contributed by atoms with Crippen molar-refractivity contribution >= 4 is 0 Å². The van der Waals surface area contributed by atoms with Gasteiger partial charge in [0.15, 0.2) is 5.82 Å². The van der Waals surface area contributed by atoms with Gasteiger partial charge in [-0.2, -0.15) is 4.98 Å². The van der Waals surface area contributed by atoms with E-state index in [1.807, 2.05) is 12.1 Å². The predicted molar refractivity (Wildman–Crippen MR) is 53.0 cm³/mol. The first-order valence-corrected chi connectivity index (χ1v) is 4.85. The average molecular weight is 207 g/mol. The van der Waals surface area contributed by atoms with Gasteiger partial charge in [0.05, 0.1) is 12.8 Å². The van der Waals surface area contributed by atoms with Gasteiger partial charge in [-0.15, -0.1) is 0 Å². The molecule has 1 N–H and O–H groups in total. The molecule has 0 aromatic carbocycles. The Morgan fingerprint density at radius 2 is 2.47 bits per heavy atom. The van der Waals surface area contributed by atoms with Crippen LogP contribution < -0.4 is 5.32 Å². The Labute approximate surface area is 87.5 Å². The van der Waals surface area contributed by atoms with Crippen molar-refractivity contribution in [3.63, 3.8) is 0 Å². The average Bonchev–Trinajstić information content (AvgIpc) is 2.86. The standard InChI is InChI=1S/C10H13N3O2/c1-8(5-9-3-2-4-14-9)11-6-10-12-7-15-13-10/h2-4,7-8,11H,5-6H2,1H3. The molecular formula is C10H13N3O2. The minimum absolute atomic E-state index is 0.314. The van der Waals surface area contributed by atoms with E-state index in [0.717, 1.165) is 12.2 Å². The Morgan fingerprint density at radius 1 is 1.53 bits per heavy atom. The molecule has 15 heavy (non-hydrogen) atoms. The van der Waals surface area contributed by atoms with Crippen molar-refractivity contribution in [2.45, 2.75) is 25.9 Å². The van der Waals surface area contributed by atoms with Crippen LogP contribution in [0.25, 0.3) is 0 Å². The Kier molecular flexibility index (Phi) is 3.14. The zero-order valence-electron chi connectivity index (χ0n) is 8.51. The lowest BCUT2D eigenvalue weighted by Crippen LogP contribution is -2.27. The molecular weight excluding hydrogens is 194 g/mol. The third kappa shape index (κ3) is 2.92. The van der Waals surface area contributed by atoms with Crippen molar-refractivity contribution in [2.75, 3.05) is 0 Å². The Bertz CT molecular complexity index is 369. The normalized spacial score (nSPS) is 12.9. The van der Waals surface area contributed by atoms with Crippen LogP contribution in [-0.4, -0.2) is 16.2 Å². The third-order valence-electron chi connectivity index (χ3n) is 2.10. The summed E-state index contributed by atoms with van der Waals surface area (Å²) < 4.78 is 9.88. The number of hydrogen-bond donors (Lipinski definition) is 1. The summed E-state index contributed by atoms with van der Waals surface area (Å²) in [5, 5.41) is 6.99. The highest BCUT2D eigenvalue weighted by molar-refractivity contribution is 5.00. The summed E-state index contributed by atoms with van der Waals surface area (Å²) in [7, 11) is 0. The molecule has 80 valence electrons. The molecule has 5 nitrogen and oxygen atoms in total. The monoisotopic (exact) mass is 207 g/mol. The van der Waals surface area contributed by atoms with Gasteiger partial charge in [0, 0.05) is 12.5 Å². The van der Waals surface area contributed by atoms with Crippen molar-refractivity contribution in [3.05, 3.63) is 36.4 Å². The maximum Gasteiger partial charge on any atom is 0.213 e. The van der Waals surface area contributed by atoms with Gasteiger partial charge in [0.25, 0.3) is 0 Å². The number of nitrogens with one attached hydrogen (secondary N) is 1. The molecule has 2 aromatic heterocycles. The molecule has 0 radical (unpaired) electrons. The van der Waals surface area contributed by atoms with Crippen LogP contribution in [0.4, 0.5) is 0 Å². The van der Waals surface area contributed by atoms with Crippen LogP contribution in [0.15, 0.2) is 33.7 Å². The topological polar surface area (TPSA) is 64.1 Å². The van der Waals surface area contributed by atoms with Crippen LogP contribution in [0, 0.1) is 0 Å². The Balaban J connectivity index is 1.76. The number of rotatable bonds is 5.